The number of amides is 1. The van der Waals surface area contributed by atoms with Crippen molar-refractivity contribution in [3.8, 4) is 0 Å². The van der Waals surface area contributed by atoms with Crippen molar-refractivity contribution in [1.29, 1.82) is 0 Å². The Balaban J connectivity index is 1.93. The summed E-state index contributed by atoms with van der Waals surface area (Å²) < 4.78 is 1.79. The van der Waals surface area contributed by atoms with Crippen molar-refractivity contribution in [2.24, 2.45) is 0 Å². The Morgan fingerprint density at radius 2 is 1.73 bits per heavy atom. The zero-order chi connectivity index (χ0) is 22.3. The molecule has 1 aromatic carbocycles. The molecule has 0 atom stereocenters. The smallest absolute Gasteiger partial charge is 0.293 e. The van der Waals surface area contributed by atoms with Crippen molar-refractivity contribution >= 4 is 23.1 Å². The summed E-state index contributed by atoms with van der Waals surface area (Å²) in [5, 5.41) is 19.2. The zero-order valence-corrected chi connectivity index (χ0v) is 18.7. The van der Waals surface area contributed by atoms with Crippen molar-refractivity contribution in [1.82, 2.24) is 9.78 Å². The fraction of sp³-hybridized carbons (Fsp3) is 0.545. The van der Waals surface area contributed by atoms with Crippen LogP contribution >= 0.6 is 0 Å². The SMILES string of the molecule is CC(C)(C)c1cc(NC(=O)c2ccc(N3CCCC3)c([N+](=O)[O-])c2)n(C(C)(C)C)n1. The molecule has 30 heavy (non-hydrogen) atoms. The average molecular weight is 414 g/mol. The Bertz CT molecular complexity index is 960. The van der Waals surface area contributed by atoms with Gasteiger partial charge in [-0.25, -0.2) is 4.68 Å². The summed E-state index contributed by atoms with van der Waals surface area (Å²) in [5.41, 5.74) is 1.14. The molecule has 0 aliphatic carbocycles. The van der Waals surface area contributed by atoms with E-state index in [0.717, 1.165) is 31.6 Å². The monoisotopic (exact) mass is 413 g/mol. The van der Waals surface area contributed by atoms with Gasteiger partial charge >= 0.3 is 0 Å². The van der Waals surface area contributed by atoms with E-state index in [0.29, 0.717) is 11.5 Å². The fourth-order valence-electron chi connectivity index (χ4n) is 3.57. The van der Waals surface area contributed by atoms with E-state index in [-0.39, 0.29) is 22.2 Å². The van der Waals surface area contributed by atoms with E-state index in [2.05, 4.69) is 26.1 Å². The van der Waals surface area contributed by atoms with Gasteiger partial charge in [0.25, 0.3) is 11.6 Å². The molecule has 1 saturated heterocycles. The molecule has 0 bridgehead atoms. The van der Waals surface area contributed by atoms with E-state index < -0.39 is 10.8 Å². The third-order valence-corrected chi connectivity index (χ3v) is 5.24. The standard InChI is InChI=1S/C22H31N5O3/c1-21(2,3)18-14-19(26(24-18)22(4,5)6)23-20(28)15-9-10-16(17(13-15)27(29)30)25-11-7-8-12-25/h9-10,13-14H,7-8,11-12H2,1-6H3,(H,23,28). The van der Waals surface area contributed by atoms with Crippen LogP contribution in [0.15, 0.2) is 24.3 Å². The summed E-state index contributed by atoms with van der Waals surface area (Å²) in [4.78, 5) is 26.2. The number of hydrogen-bond donors (Lipinski definition) is 1. The summed E-state index contributed by atoms with van der Waals surface area (Å²) in [6.45, 7) is 13.8. The highest BCUT2D eigenvalue weighted by Crippen LogP contribution is 2.32. The molecule has 1 aliphatic rings. The Morgan fingerprint density at radius 3 is 2.27 bits per heavy atom. The van der Waals surface area contributed by atoms with Gasteiger partial charge in [0.05, 0.1) is 16.2 Å². The van der Waals surface area contributed by atoms with Crippen molar-refractivity contribution in [3.05, 3.63) is 45.6 Å². The van der Waals surface area contributed by atoms with Gasteiger partial charge in [0.15, 0.2) is 0 Å². The molecule has 0 unspecified atom stereocenters. The number of rotatable bonds is 4. The van der Waals surface area contributed by atoms with Crippen LogP contribution < -0.4 is 10.2 Å². The van der Waals surface area contributed by atoms with E-state index in [1.165, 1.54) is 6.07 Å². The second kappa shape index (κ2) is 7.74. The number of nitro benzene ring substituents is 1. The molecule has 1 aromatic heterocycles. The minimum absolute atomic E-state index is 0.0377. The third kappa shape index (κ3) is 4.47. The summed E-state index contributed by atoms with van der Waals surface area (Å²) in [6, 6.07) is 6.57. The molecule has 8 heteroatoms. The molecule has 0 saturated carbocycles. The number of carbonyl (C=O) groups is 1. The molecule has 8 nitrogen and oxygen atoms in total. The number of benzene rings is 1. The number of hydrogen-bond acceptors (Lipinski definition) is 5. The number of anilines is 2. The third-order valence-electron chi connectivity index (χ3n) is 5.24. The molecule has 0 spiro atoms. The summed E-state index contributed by atoms with van der Waals surface area (Å²) in [6.07, 6.45) is 2.04. The molecule has 1 N–H and O–H groups in total. The molecule has 0 radical (unpaired) electrons. The largest absolute Gasteiger partial charge is 0.366 e. The van der Waals surface area contributed by atoms with Crippen LogP contribution in [-0.2, 0) is 11.0 Å². The van der Waals surface area contributed by atoms with Crippen LogP contribution in [0, 0.1) is 10.1 Å². The first kappa shape index (κ1) is 21.8. The van der Waals surface area contributed by atoms with Crippen molar-refractivity contribution in [2.45, 2.75) is 65.3 Å². The van der Waals surface area contributed by atoms with Gasteiger partial charge in [-0.05, 0) is 45.7 Å². The van der Waals surface area contributed by atoms with Gasteiger partial charge in [-0.3, -0.25) is 14.9 Å². The van der Waals surface area contributed by atoms with E-state index in [1.807, 2.05) is 31.7 Å². The van der Waals surface area contributed by atoms with Crippen molar-refractivity contribution in [2.75, 3.05) is 23.3 Å². The maximum Gasteiger partial charge on any atom is 0.293 e. The normalized spacial score (nSPS) is 14.8. The van der Waals surface area contributed by atoms with E-state index in [4.69, 9.17) is 5.10 Å². The lowest BCUT2D eigenvalue weighted by Gasteiger charge is -2.23. The van der Waals surface area contributed by atoms with Crippen molar-refractivity contribution in [3.63, 3.8) is 0 Å². The minimum Gasteiger partial charge on any atom is -0.366 e. The molecule has 162 valence electrons. The number of nitrogens with zero attached hydrogens (tertiary/aromatic N) is 4. The summed E-state index contributed by atoms with van der Waals surface area (Å²) in [7, 11) is 0. The van der Waals surface area contributed by atoms with E-state index in [9.17, 15) is 14.9 Å². The zero-order valence-electron chi connectivity index (χ0n) is 18.7. The Kier molecular flexibility index (Phi) is 5.62. The molecule has 1 amide bonds. The molecule has 3 rings (SSSR count). The second-order valence-corrected chi connectivity index (χ2v) is 9.86. The number of nitrogens with one attached hydrogen (secondary N) is 1. The number of nitro groups is 1. The lowest BCUT2D eigenvalue weighted by molar-refractivity contribution is -0.384. The predicted octanol–water partition coefficient (Wildman–Crippen LogP) is 4.70. The van der Waals surface area contributed by atoms with Gasteiger partial charge in [0, 0.05) is 36.2 Å². The second-order valence-electron chi connectivity index (χ2n) is 9.86. The molecule has 2 heterocycles. The van der Waals surface area contributed by atoms with Gasteiger partial charge in [-0.15, -0.1) is 0 Å². The van der Waals surface area contributed by atoms with E-state index in [1.54, 1.807) is 16.8 Å². The van der Waals surface area contributed by atoms with Gasteiger partial charge < -0.3 is 10.2 Å². The maximum absolute atomic E-state index is 13.0. The molecule has 1 aliphatic heterocycles. The van der Waals surface area contributed by atoms with Crippen LogP contribution in [0.25, 0.3) is 0 Å². The van der Waals surface area contributed by atoms with Crippen LogP contribution in [0.5, 0.6) is 0 Å². The van der Waals surface area contributed by atoms with Crippen LogP contribution in [0.1, 0.15) is 70.4 Å². The van der Waals surface area contributed by atoms with Gasteiger partial charge in [-0.2, -0.15) is 5.10 Å². The highest BCUT2D eigenvalue weighted by Gasteiger charge is 2.27. The molecule has 2 aromatic rings. The quantitative estimate of drug-likeness (QED) is 0.579. The fourth-order valence-corrected chi connectivity index (χ4v) is 3.57. The highest BCUT2D eigenvalue weighted by atomic mass is 16.6. The first-order valence-electron chi connectivity index (χ1n) is 10.3. The van der Waals surface area contributed by atoms with Gasteiger partial charge in [0.2, 0.25) is 0 Å². The summed E-state index contributed by atoms with van der Waals surface area (Å²) in [5.74, 6) is 0.181. The Morgan fingerprint density at radius 1 is 1.10 bits per heavy atom. The molecular formula is C22H31N5O3. The van der Waals surface area contributed by atoms with E-state index >= 15 is 0 Å². The number of carbonyl (C=O) groups excluding carboxylic acids is 1. The first-order valence-corrected chi connectivity index (χ1v) is 10.3. The topological polar surface area (TPSA) is 93.3 Å². The average Bonchev–Trinajstić information content (AvgIpc) is 3.30. The van der Waals surface area contributed by atoms with Crippen LogP contribution in [0.2, 0.25) is 0 Å². The summed E-state index contributed by atoms with van der Waals surface area (Å²) >= 11 is 0. The highest BCUT2D eigenvalue weighted by molar-refractivity contribution is 6.04. The predicted molar refractivity (Wildman–Crippen MR) is 118 cm³/mol. The Labute approximate surface area is 177 Å². The van der Waals surface area contributed by atoms with Gasteiger partial charge in [0.1, 0.15) is 11.5 Å². The minimum atomic E-state index is -0.415. The Hall–Kier alpha value is -2.90. The van der Waals surface area contributed by atoms with Gasteiger partial charge in [-0.1, -0.05) is 20.8 Å². The lowest BCUT2D eigenvalue weighted by atomic mass is 9.92. The van der Waals surface area contributed by atoms with Crippen LogP contribution in [0.4, 0.5) is 17.2 Å². The lowest BCUT2D eigenvalue weighted by Crippen LogP contribution is -2.27. The molecular weight excluding hydrogens is 382 g/mol. The van der Waals surface area contributed by atoms with Crippen LogP contribution in [-0.4, -0.2) is 33.7 Å². The van der Waals surface area contributed by atoms with Crippen molar-refractivity contribution < 1.29 is 9.72 Å². The first-order chi connectivity index (χ1) is 13.9. The maximum atomic E-state index is 13.0. The number of aromatic nitrogens is 2. The molecule has 1 fully saturated rings. The van der Waals surface area contributed by atoms with Crippen LogP contribution in [0.3, 0.4) is 0 Å².